The molecular formula is C11H14F3NO2. The van der Waals surface area contributed by atoms with Crippen LogP contribution in [0.4, 0.5) is 18.9 Å². The van der Waals surface area contributed by atoms with Gasteiger partial charge in [0.15, 0.2) is 0 Å². The number of hydrogen-bond donors (Lipinski definition) is 2. The van der Waals surface area contributed by atoms with E-state index in [0.29, 0.717) is 18.7 Å². The molecule has 1 rings (SSSR count). The average Bonchev–Trinajstić information content (AvgIpc) is 2.18. The summed E-state index contributed by atoms with van der Waals surface area (Å²) in [6, 6.07) is 5.45. The summed E-state index contributed by atoms with van der Waals surface area (Å²) in [6.45, 7) is 2.22. The van der Waals surface area contributed by atoms with Crippen LogP contribution in [0.25, 0.3) is 0 Å². The van der Waals surface area contributed by atoms with Gasteiger partial charge >= 0.3 is 6.36 Å². The minimum Gasteiger partial charge on any atom is -0.406 e. The zero-order chi connectivity index (χ0) is 12.9. The van der Waals surface area contributed by atoms with Crippen LogP contribution in [0.2, 0.25) is 0 Å². The second-order valence-electron chi connectivity index (χ2n) is 3.64. The first-order chi connectivity index (χ1) is 7.87. The Balaban J connectivity index is 2.45. The summed E-state index contributed by atoms with van der Waals surface area (Å²) >= 11 is 0. The van der Waals surface area contributed by atoms with Gasteiger partial charge in [-0.2, -0.15) is 0 Å². The van der Waals surface area contributed by atoms with Crippen LogP contribution in [-0.4, -0.2) is 24.1 Å². The van der Waals surface area contributed by atoms with E-state index in [1.54, 1.807) is 6.92 Å². The van der Waals surface area contributed by atoms with Gasteiger partial charge in [-0.3, -0.25) is 0 Å². The molecule has 17 heavy (non-hydrogen) atoms. The highest BCUT2D eigenvalue weighted by atomic mass is 19.4. The van der Waals surface area contributed by atoms with Crippen LogP contribution >= 0.6 is 0 Å². The summed E-state index contributed by atoms with van der Waals surface area (Å²) in [5.41, 5.74) is 0.681. The zero-order valence-corrected chi connectivity index (χ0v) is 9.29. The van der Waals surface area contributed by atoms with Gasteiger partial charge in [-0.15, -0.1) is 13.2 Å². The van der Waals surface area contributed by atoms with E-state index in [0.717, 1.165) is 0 Å². The second-order valence-corrected chi connectivity index (χ2v) is 3.64. The summed E-state index contributed by atoms with van der Waals surface area (Å²) in [5, 5.41) is 12.0. The van der Waals surface area contributed by atoms with E-state index >= 15 is 0 Å². The fraction of sp³-hybridized carbons (Fsp3) is 0.455. The Bertz CT molecular complexity index is 336. The smallest absolute Gasteiger partial charge is 0.406 e. The van der Waals surface area contributed by atoms with Crippen LogP contribution < -0.4 is 10.1 Å². The van der Waals surface area contributed by atoms with Crippen molar-refractivity contribution in [3.63, 3.8) is 0 Å². The van der Waals surface area contributed by atoms with Gasteiger partial charge in [0.1, 0.15) is 5.75 Å². The third kappa shape index (κ3) is 6.01. The van der Waals surface area contributed by atoms with Crippen molar-refractivity contribution in [2.24, 2.45) is 0 Å². The molecule has 0 fully saturated rings. The van der Waals surface area contributed by atoms with Crippen molar-refractivity contribution in [3.8, 4) is 5.75 Å². The molecule has 1 atom stereocenters. The first-order valence-electron chi connectivity index (χ1n) is 5.14. The molecule has 96 valence electrons. The first-order valence-corrected chi connectivity index (χ1v) is 5.14. The van der Waals surface area contributed by atoms with Crippen molar-refractivity contribution in [2.75, 3.05) is 11.9 Å². The highest BCUT2D eigenvalue weighted by Crippen LogP contribution is 2.23. The van der Waals surface area contributed by atoms with Crippen molar-refractivity contribution in [2.45, 2.75) is 25.8 Å². The monoisotopic (exact) mass is 249 g/mol. The Kier molecular flexibility index (Phi) is 4.62. The Morgan fingerprint density at radius 3 is 2.35 bits per heavy atom. The third-order valence-corrected chi connectivity index (χ3v) is 1.98. The summed E-state index contributed by atoms with van der Waals surface area (Å²) in [7, 11) is 0. The summed E-state index contributed by atoms with van der Waals surface area (Å²) in [6.07, 6.45) is -4.50. The molecule has 1 unspecified atom stereocenters. The zero-order valence-electron chi connectivity index (χ0n) is 9.29. The van der Waals surface area contributed by atoms with E-state index in [4.69, 9.17) is 5.11 Å². The molecule has 0 aliphatic carbocycles. The molecule has 0 aliphatic heterocycles. The van der Waals surface area contributed by atoms with Gasteiger partial charge in [-0.25, -0.2) is 0 Å². The SMILES string of the molecule is CC(O)CCNc1ccc(OC(F)(F)F)cc1. The molecule has 1 aromatic rings. The van der Waals surface area contributed by atoms with Crippen LogP contribution in [0.15, 0.2) is 24.3 Å². The fourth-order valence-corrected chi connectivity index (χ4v) is 1.20. The van der Waals surface area contributed by atoms with E-state index in [2.05, 4.69) is 10.1 Å². The van der Waals surface area contributed by atoms with Crippen LogP contribution in [-0.2, 0) is 0 Å². The number of rotatable bonds is 5. The van der Waals surface area contributed by atoms with E-state index in [-0.39, 0.29) is 5.75 Å². The molecule has 0 saturated heterocycles. The van der Waals surface area contributed by atoms with E-state index < -0.39 is 12.5 Å². The summed E-state index contributed by atoms with van der Waals surface area (Å²) in [5.74, 6) is -0.251. The highest BCUT2D eigenvalue weighted by Gasteiger charge is 2.30. The van der Waals surface area contributed by atoms with Gasteiger partial charge < -0.3 is 15.2 Å². The molecule has 1 aromatic carbocycles. The quantitative estimate of drug-likeness (QED) is 0.843. The molecule has 6 heteroatoms. The van der Waals surface area contributed by atoms with Crippen LogP contribution in [0.5, 0.6) is 5.75 Å². The van der Waals surface area contributed by atoms with Crippen molar-refractivity contribution < 1.29 is 23.0 Å². The lowest BCUT2D eigenvalue weighted by Gasteiger charge is -2.10. The molecule has 0 heterocycles. The van der Waals surface area contributed by atoms with Crippen molar-refractivity contribution >= 4 is 5.69 Å². The molecular weight excluding hydrogens is 235 g/mol. The Labute approximate surface area is 97.2 Å². The predicted molar refractivity (Wildman–Crippen MR) is 57.9 cm³/mol. The molecule has 0 aromatic heterocycles. The van der Waals surface area contributed by atoms with E-state index in [1.165, 1.54) is 24.3 Å². The summed E-state index contributed by atoms with van der Waals surface area (Å²) in [4.78, 5) is 0. The number of nitrogens with one attached hydrogen (secondary N) is 1. The number of aliphatic hydroxyl groups excluding tert-OH is 1. The number of hydrogen-bond acceptors (Lipinski definition) is 3. The van der Waals surface area contributed by atoms with E-state index in [9.17, 15) is 13.2 Å². The highest BCUT2D eigenvalue weighted by molar-refractivity contribution is 5.46. The third-order valence-electron chi connectivity index (χ3n) is 1.98. The molecule has 2 N–H and O–H groups in total. The molecule has 0 spiro atoms. The Hall–Kier alpha value is -1.43. The topological polar surface area (TPSA) is 41.5 Å². The molecule has 0 bridgehead atoms. The summed E-state index contributed by atoms with van der Waals surface area (Å²) < 4.78 is 39.3. The van der Waals surface area contributed by atoms with Gasteiger partial charge in [0.2, 0.25) is 0 Å². The van der Waals surface area contributed by atoms with Gasteiger partial charge in [0, 0.05) is 12.2 Å². The fourth-order valence-electron chi connectivity index (χ4n) is 1.20. The number of alkyl halides is 3. The first kappa shape index (κ1) is 13.6. The largest absolute Gasteiger partial charge is 0.573 e. The minimum absolute atomic E-state index is 0.251. The maximum atomic E-state index is 11.9. The molecule has 0 radical (unpaired) electrons. The molecule has 3 nitrogen and oxygen atoms in total. The van der Waals surface area contributed by atoms with E-state index in [1.807, 2.05) is 0 Å². The lowest BCUT2D eigenvalue weighted by Crippen LogP contribution is -2.17. The number of anilines is 1. The molecule has 0 saturated carbocycles. The van der Waals surface area contributed by atoms with Crippen molar-refractivity contribution in [1.29, 1.82) is 0 Å². The lowest BCUT2D eigenvalue weighted by atomic mass is 10.2. The van der Waals surface area contributed by atoms with Gasteiger partial charge in [-0.1, -0.05) is 0 Å². The molecule has 0 aliphatic rings. The lowest BCUT2D eigenvalue weighted by molar-refractivity contribution is -0.274. The normalized spacial score (nSPS) is 13.2. The Morgan fingerprint density at radius 2 is 1.88 bits per heavy atom. The van der Waals surface area contributed by atoms with Crippen LogP contribution in [0.3, 0.4) is 0 Å². The van der Waals surface area contributed by atoms with Crippen LogP contribution in [0, 0.1) is 0 Å². The second kappa shape index (κ2) is 5.77. The maximum absolute atomic E-state index is 11.9. The minimum atomic E-state index is -4.67. The number of aliphatic hydroxyl groups is 1. The average molecular weight is 249 g/mol. The van der Waals surface area contributed by atoms with Crippen molar-refractivity contribution in [1.82, 2.24) is 0 Å². The predicted octanol–water partition coefficient (Wildman–Crippen LogP) is 2.77. The van der Waals surface area contributed by atoms with Gasteiger partial charge in [0.25, 0.3) is 0 Å². The number of halogens is 3. The standard InChI is InChI=1S/C11H14F3NO2/c1-8(16)6-7-15-9-2-4-10(5-3-9)17-11(12,13)14/h2-5,8,15-16H,6-7H2,1H3. The van der Waals surface area contributed by atoms with Crippen molar-refractivity contribution in [3.05, 3.63) is 24.3 Å². The van der Waals surface area contributed by atoms with Gasteiger partial charge in [0.05, 0.1) is 6.10 Å². The number of benzene rings is 1. The van der Waals surface area contributed by atoms with Crippen LogP contribution in [0.1, 0.15) is 13.3 Å². The van der Waals surface area contributed by atoms with Gasteiger partial charge in [-0.05, 0) is 37.6 Å². The molecule has 0 amide bonds. The maximum Gasteiger partial charge on any atom is 0.573 e. The Morgan fingerprint density at radius 1 is 1.29 bits per heavy atom. The number of ether oxygens (including phenoxy) is 1.